The number of hydrogen-bond donors (Lipinski definition) is 0. The molecule has 0 N–H and O–H groups in total. The summed E-state index contributed by atoms with van der Waals surface area (Å²) in [6.45, 7) is 2.85. The Balaban J connectivity index is 1.54. The van der Waals surface area contributed by atoms with Gasteiger partial charge in [0.1, 0.15) is 11.6 Å². The van der Waals surface area contributed by atoms with Gasteiger partial charge in [-0.1, -0.05) is 24.3 Å². The van der Waals surface area contributed by atoms with E-state index in [1.54, 1.807) is 0 Å². The van der Waals surface area contributed by atoms with Crippen LogP contribution in [0, 0.1) is 24.5 Å². The van der Waals surface area contributed by atoms with Crippen molar-refractivity contribution in [1.82, 2.24) is 4.90 Å². The highest BCUT2D eigenvalue weighted by molar-refractivity contribution is 6.00. The second-order valence-electron chi connectivity index (χ2n) is 7.58. The van der Waals surface area contributed by atoms with Gasteiger partial charge in [0.05, 0.1) is 12.0 Å². The lowest BCUT2D eigenvalue weighted by molar-refractivity contribution is -0.136. The number of hydrogen-bond acceptors (Lipinski definition) is 2. The fraction of sp³-hybridized carbons (Fsp3) is 0.364. The lowest BCUT2D eigenvalue weighted by Crippen LogP contribution is -2.37. The predicted molar refractivity (Wildman–Crippen MR) is 102 cm³/mol. The Hall–Kier alpha value is -2.76. The normalized spacial score (nSPS) is 22.2. The fourth-order valence-electron chi connectivity index (χ4n) is 4.37. The number of likely N-dealkylation sites (tertiary alicyclic amines) is 1. The molecule has 0 aromatic heterocycles. The summed E-state index contributed by atoms with van der Waals surface area (Å²) in [5.41, 5.74) is 2.45. The summed E-state index contributed by atoms with van der Waals surface area (Å²) in [6.07, 6.45) is 1.88. The molecule has 4 rings (SSSR count). The Bertz CT molecular complexity index is 910. The highest BCUT2D eigenvalue weighted by Crippen LogP contribution is 2.36. The van der Waals surface area contributed by atoms with Crippen LogP contribution in [0.4, 0.5) is 14.5 Å². The van der Waals surface area contributed by atoms with E-state index in [2.05, 4.69) is 0 Å². The molecule has 0 saturated carbocycles. The molecule has 0 bridgehead atoms. The number of halogens is 2. The van der Waals surface area contributed by atoms with Crippen molar-refractivity contribution in [3.05, 3.63) is 65.2 Å². The van der Waals surface area contributed by atoms with Crippen LogP contribution in [0.25, 0.3) is 0 Å². The highest BCUT2D eigenvalue weighted by atomic mass is 19.1. The van der Waals surface area contributed by atoms with E-state index in [0.717, 1.165) is 42.2 Å². The number of carbonyl (C=O) groups is 2. The minimum atomic E-state index is -0.739. The number of anilines is 1. The zero-order chi connectivity index (χ0) is 19.8. The first-order chi connectivity index (χ1) is 13.4. The average molecular weight is 384 g/mol. The first kappa shape index (κ1) is 18.6. The Morgan fingerprint density at radius 1 is 1.11 bits per heavy atom. The quantitative estimate of drug-likeness (QED) is 0.803. The monoisotopic (exact) mass is 384 g/mol. The van der Waals surface area contributed by atoms with E-state index in [9.17, 15) is 18.4 Å². The summed E-state index contributed by atoms with van der Waals surface area (Å²) in [7, 11) is 0. The van der Waals surface area contributed by atoms with Gasteiger partial charge < -0.3 is 9.80 Å². The third-order valence-corrected chi connectivity index (χ3v) is 5.72. The van der Waals surface area contributed by atoms with Crippen LogP contribution in [-0.2, 0) is 9.59 Å². The summed E-state index contributed by atoms with van der Waals surface area (Å²) in [6, 6.07) is 11.1. The molecule has 2 heterocycles. The van der Waals surface area contributed by atoms with Crippen LogP contribution < -0.4 is 4.90 Å². The Kier molecular flexibility index (Phi) is 4.87. The number of nitrogens with zero attached hydrogens (tertiary/aromatic N) is 2. The van der Waals surface area contributed by atoms with Gasteiger partial charge in [0.2, 0.25) is 11.8 Å². The van der Waals surface area contributed by atoms with Crippen molar-refractivity contribution in [1.29, 1.82) is 0 Å². The molecule has 2 aliphatic rings. The summed E-state index contributed by atoms with van der Waals surface area (Å²) < 4.78 is 27.1. The van der Waals surface area contributed by atoms with E-state index >= 15 is 0 Å². The smallest absolute Gasteiger partial charge is 0.228 e. The van der Waals surface area contributed by atoms with Gasteiger partial charge in [0.15, 0.2) is 0 Å². The first-order valence-corrected chi connectivity index (χ1v) is 9.56. The molecule has 2 aromatic carbocycles. The minimum Gasteiger partial charge on any atom is -0.335 e. The van der Waals surface area contributed by atoms with Crippen LogP contribution >= 0.6 is 0 Å². The molecule has 28 heavy (non-hydrogen) atoms. The maximum Gasteiger partial charge on any atom is 0.228 e. The Morgan fingerprint density at radius 2 is 1.82 bits per heavy atom. The molecule has 146 valence electrons. The summed E-state index contributed by atoms with van der Waals surface area (Å²) in [4.78, 5) is 28.8. The number of carbonyl (C=O) groups excluding carboxylic acids is 2. The van der Waals surface area contributed by atoms with E-state index in [-0.39, 0.29) is 36.5 Å². The van der Waals surface area contributed by atoms with Gasteiger partial charge in [-0.3, -0.25) is 9.59 Å². The van der Waals surface area contributed by atoms with E-state index in [0.29, 0.717) is 6.54 Å². The van der Waals surface area contributed by atoms with Crippen LogP contribution in [0.1, 0.15) is 36.4 Å². The molecule has 2 atom stereocenters. The predicted octanol–water partition coefficient (Wildman–Crippen LogP) is 3.99. The molecular formula is C22H22F2N2O2. The Labute approximate surface area is 162 Å². The molecule has 2 aromatic rings. The molecular weight excluding hydrogens is 362 g/mol. The second kappa shape index (κ2) is 7.34. The van der Waals surface area contributed by atoms with E-state index in [1.165, 1.54) is 4.90 Å². The van der Waals surface area contributed by atoms with Crippen molar-refractivity contribution < 1.29 is 18.4 Å². The van der Waals surface area contributed by atoms with Gasteiger partial charge in [-0.15, -0.1) is 0 Å². The molecule has 2 unspecified atom stereocenters. The standard InChI is InChI=1S/C22H22F2N2O2/c1-14-5-2-3-6-19(14)20-7-4-8-25(20)22(28)15-9-21(27)26(13-15)18-11-16(23)10-17(24)12-18/h2-3,5-6,10-12,15,20H,4,7-9,13H2,1H3. The first-order valence-electron chi connectivity index (χ1n) is 9.56. The molecule has 2 aliphatic heterocycles. The third kappa shape index (κ3) is 3.39. The van der Waals surface area contributed by atoms with Gasteiger partial charge in [0, 0.05) is 31.3 Å². The van der Waals surface area contributed by atoms with Crippen LogP contribution in [-0.4, -0.2) is 29.8 Å². The van der Waals surface area contributed by atoms with Crippen molar-refractivity contribution in [2.45, 2.75) is 32.2 Å². The van der Waals surface area contributed by atoms with Crippen LogP contribution in [0.2, 0.25) is 0 Å². The van der Waals surface area contributed by atoms with Crippen LogP contribution in [0.3, 0.4) is 0 Å². The lowest BCUT2D eigenvalue weighted by Gasteiger charge is -2.28. The molecule has 6 heteroatoms. The number of amides is 2. The average Bonchev–Trinajstić information content (AvgIpc) is 3.27. The molecule has 4 nitrogen and oxygen atoms in total. The van der Waals surface area contributed by atoms with E-state index < -0.39 is 17.6 Å². The Morgan fingerprint density at radius 3 is 2.54 bits per heavy atom. The van der Waals surface area contributed by atoms with Gasteiger partial charge >= 0.3 is 0 Å². The van der Waals surface area contributed by atoms with Gasteiger partial charge in [0.25, 0.3) is 0 Å². The third-order valence-electron chi connectivity index (χ3n) is 5.72. The van der Waals surface area contributed by atoms with Crippen molar-refractivity contribution >= 4 is 17.5 Å². The van der Waals surface area contributed by atoms with Gasteiger partial charge in [-0.25, -0.2) is 8.78 Å². The molecule has 0 spiro atoms. The largest absolute Gasteiger partial charge is 0.335 e. The molecule has 0 radical (unpaired) electrons. The number of rotatable bonds is 3. The van der Waals surface area contributed by atoms with E-state index in [1.807, 2.05) is 36.1 Å². The fourth-order valence-corrected chi connectivity index (χ4v) is 4.37. The summed E-state index contributed by atoms with van der Waals surface area (Å²) in [5.74, 6) is -2.31. The van der Waals surface area contributed by atoms with E-state index in [4.69, 9.17) is 0 Å². The molecule has 2 amide bonds. The maximum absolute atomic E-state index is 13.5. The number of aryl methyl sites for hydroxylation is 1. The summed E-state index contributed by atoms with van der Waals surface area (Å²) in [5, 5.41) is 0. The highest BCUT2D eigenvalue weighted by Gasteiger charge is 2.41. The van der Waals surface area contributed by atoms with Crippen LogP contribution in [0.5, 0.6) is 0 Å². The topological polar surface area (TPSA) is 40.6 Å². The zero-order valence-electron chi connectivity index (χ0n) is 15.7. The van der Waals surface area contributed by atoms with Crippen LogP contribution in [0.15, 0.2) is 42.5 Å². The zero-order valence-corrected chi connectivity index (χ0v) is 15.7. The van der Waals surface area contributed by atoms with Gasteiger partial charge in [-0.2, -0.15) is 0 Å². The molecule has 2 fully saturated rings. The number of benzene rings is 2. The molecule has 2 saturated heterocycles. The maximum atomic E-state index is 13.5. The van der Waals surface area contributed by atoms with Crippen molar-refractivity contribution in [2.24, 2.45) is 5.92 Å². The lowest BCUT2D eigenvalue weighted by atomic mass is 9.98. The minimum absolute atomic E-state index is 0.0180. The summed E-state index contributed by atoms with van der Waals surface area (Å²) >= 11 is 0. The molecule has 0 aliphatic carbocycles. The SMILES string of the molecule is Cc1ccccc1C1CCCN1C(=O)C1CC(=O)N(c2cc(F)cc(F)c2)C1. The van der Waals surface area contributed by atoms with Crippen molar-refractivity contribution in [3.8, 4) is 0 Å². The van der Waals surface area contributed by atoms with Crippen molar-refractivity contribution in [2.75, 3.05) is 18.0 Å². The van der Waals surface area contributed by atoms with Crippen molar-refractivity contribution in [3.63, 3.8) is 0 Å². The second-order valence-corrected chi connectivity index (χ2v) is 7.58. The van der Waals surface area contributed by atoms with Gasteiger partial charge in [-0.05, 0) is 43.0 Å².